The molecule has 0 saturated carbocycles. The summed E-state index contributed by atoms with van der Waals surface area (Å²) in [6, 6.07) is 13.0. The van der Waals surface area contributed by atoms with E-state index in [4.69, 9.17) is 13.9 Å². The van der Waals surface area contributed by atoms with Crippen LogP contribution in [0.2, 0.25) is 0 Å². The Kier molecular flexibility index (Phi) is 4.31. The molecule has 118 valence electrons. The molecule has 1 aromatic carbocycles. The van der Waals surface area contributed by atoms with Crippen molar-refractivity contribution in [1.82, 2.24) is 5.06 Å². The second kappa shape index (κ2) is 6.22. The highest BCUT2D eigenvalue weighted by Crippen LogP contribution is 2.34. The molecule has 0 radical (unpaired) electrons. The zero-order chi connectivity index (χ0) is 15.6. The molecule has 1 saturated heterocycles. The smallest absolute Gasteiger partial charge is 0.163 e. The van der Waals surface area contributed by atoms with E-state index in [-0.39, 0.29) is 6.10 Å². The first-order valence-corrected chi connectivity index (χ1v) is 7.40. The van der Waals surface area contributed by atoms with E-state index >= 15 is 0 Å². The number of benzene rings is 1. The van der Waals surface area contributed by atoms with Gasteiger partial charge < -0.3 is 19.1 Å². The van der Waals surface area contributed by atoms with E-state index in [0.29, 0.717) is 18.9 Å². The molecule has 1 fully saturated rings. The monoisotopic (exact) mass is 303 g/mol. The molecule has 2 atom stereocenters. The molecule has 0 aliphatic carbocycles. The molecule has 22 heavy (non-hydrogen) atoms. The molecule has 5 heteroatoms. The van der Waals surface area contributed by atoms with E-state index in [1.807, 2.05) is 50.2 Å². The quantitative estimate of drug-likeness (QED) is 0.858. The Bertz CT molecular complexity index is 582. The molecule has 1 aliphatic heterocycles. The van der Waals surface area contributed by atoms with Gasteiger partial charge in [0.05, 0.1) is 12.9 Å². The zero-order valence-electron chi connectivity index (χ0n) is 12.8. The molecule has 5 nitrogen and oxygen atoms in total. The lowest BCUT2D eigenvalue weighted by Gasteiger charge is -2.29. The van der Waals surface area contributed by atoms with Crippen molar-refractivity contribution in [2.24, 2.45) is 0 Å². The third-order valence-corrected chi connectivity index (χ3v) is 3.73. The Labute approximate surface area is 130 Å². The number of furan rings is 1. The molecule has 1 aromatic heterocycles. The molecule has 2 aromatic rings. The van der Waals surface area contributed by atoms with Gasteiger partial charge in [-0.25, -0.2) is 0 Å². The minimum absolute atomic E-state index is 0.296. The predicted molar refractivity (Wildman–Crippen MR) is 80.1 cm³/mol. The van der Waals surface area contributed by atoms with Crippen molar-refractivity contribution in [3.63, 3.8) is 0 Å². The van der Waals surface area contributed by atoms with Gasteiger partial charge in [0.1, 0.15) is 17.9 Å². The number of rotatable bonds is 5. The van der Waals surface area contributed by atoms with E-state index in [2.05, 4.69) is 0 Å². The highest BCUT2D eigenvalue weighted by molar-refractivity contribution is 5.15. The summed E-state index contributed by atoms with van der Waals surface area (Å²) in [6.07, 6.45) is 1.30. The van der Waals surface area contributed by atoms with E-state index < -0.39 is 11.8 Å². The molecular formula is C17H21NO4. The fourth-order valence-electron chi connectivity index (χ4n) is 2.72. The summed E-state index contributed by atoms with van der Waals surface area (Å²) in [5.74, 6) is 0.00745. The number of hydrogen-bond donors (Lipinski definition) is 1. The molecular weight excluding hydrogens is 282 g/mol. The lowest BCUT2D eigenvalue weighted by molar-refractivity contribution is -0.194. The minimum atomic E-state index is -0.650. The summed E-state index contributed by atoms with van der Waals surface area (Å²) in [6.45, 7) is 4.52. The van der Waals surface area contributed by atoms with Crippen LogP contribution in [0.4, 0.5) is 0 Å². The zero-order valence-corrected chi connectivity index (χ0v) is 12.8. The highest BCUT2D eigenvalue weighted by atomic mass is 16.7. The van der Waals surface area contributed by atoms with Gasteiger partial charge in [0.25, 0.3) is 0 Å². The van der Waals surface area contributed by atoms with Gasteiger partial charge in [-0.1, -0.05) is 30.3 Å². The van der Waals surface area contributed by atoms with Crippen LogP contribution in [0.15, 0.2) is 53.1 Å². The standard InChI is InChI=1S/C17H21NO4/c1-17(2)21-12-15(22-17)16(14-9-6-10-20-14)18(19)11-13-7-4-3-5-8-13/h3-10,15-16,19H,11-12H2,1-2H3/t15-,16+/m1/s1. The van der Waals surface area contributed by atoms with E-state index in [1.165, 1.54) is 5.06 Å². The molecule has 3 rings (SSSR count). The van der Waals surface area contributed by atoms with Crippen molar-refractivity contribution >= 4 is 0 Å². The summed E-state index contributed by atoms with van der Waals surface area (Å²) < 4.78 is 17.0. The fraction of sp³-hybridized carbons (Fsp3) is 0.412. The van der Waals surface area contributed by atoms with Crippen molar-refractivity contribution in [1.29, 1.82) is 0 Å². The first-order valence-electron chi connectivity index (χ1n) is 7.40. The van der Waals surface area contributed by atoms with Crippen LogP contribution in [0.3, 0.4) is 0 Å². The van der Waals surface area contributed by atoms with Gasteiger partial charge in [0.2, 0.25) is 0 Å². The van der Waals surface area contributed by atoms with Gasteiger partial charge in [0, 0.05) is 6.54 Å². The average molecular weight is 303 g/mol. The molecule has 1 aliphatic rings. The second-order valence-corrected chi connectivity index (χ2v) is 5.91. The third kappa shape index (κ3) is 3.39. The Morgan fingerprint density at radius 1 is 1.23 bits per heavy atom. The fourth-order valence-corrected chi connectivity index (χ4v) is 2.72. The van der Waals surface area contributed by atoms with E-state index in [1.54, 1.807) is 12.3 Å². The van der Waals surface area contributed by atoms with E-state index in [0.717, 1.165) is 5.56 Å². The largest absolute Gasteiger partial charge is 0.467 e. The van der Waals surface area contributed by atoms with Crippen molar-refractivity contribution in [2.75, 3.05) is 6.61 Å². The van der Waals surface area contributed by atoms with Crippen LogP contribution in [-0.4, -0.2) is 28.8 Å². The molecule has 0 unspecified atom stereocenters. The Hall–Kier alpha value is -1.66. The van der Waals surface area contributed by atoms with Gasteiger partial charge in [-0.05, 0) is 31.5 Å². The van der Waals surface area contributed by atoms with Crippen LogP contribution in [0, 0.1) is 0 Å². The average Bonchev–Trinajstić information content (AvgIpc) is 3.11. The first kappa shape index (κ1) is 15.2. The Balaban J connectivity index is 1.80. The Morgan fingerprint density at radius 3 is 2.59 bits per heavy atom. The van der Waals surface area contributed by atoms with Crippen LogP contribution in [0.1, 0.15) is 31.2 Å². The van der Waals surface area contributed by atoms with Crippen LogP contribution < -0.4 is 0 Å². The normalized spacial score (nSPS) is 22.1. The number of ether oxygens (including phenoxy) is 2. The van der Waals surface area contributed by atoms with E-state index in [9.17, 15) is 5.21 Å². The highest BCUT2D eigenvalue weighted by Gasteiger charge is 2.41. The Morgan fingerprint density at radius 2 is 2.00 bits per heavy atom. The van der Waals surface area contributed by atoms with Crippen molar-refractivity contribution < 1.29 is 19.1 Å². The summed E-state index contributed by atoms with van der Waals surface area (Å²) in [5.41, 5.74) is 1.01. The summed E-state index contributed by atoms with van der Waals surface area (Å²) >= 11 is 0. The van der Waals surface area contributed by atoms with Gasteiger partial charge in [-0.2, -0.15) is 5.06 Å². The van der Waals surface area contributed by atoms with Crippen molar-refractivity contribution in [3.05, 3.63) is 60.1 Å². The number of hydrogen-bond acceptors (Lipinski definition) is 5. The topological polar surface area (TPSA) is 55.1 Å². The first-order chi connectivity index (χ1) is 10.6. The lowest BCUT2D eigenvalue weighted by atomic mass is 10.1. The van der Waals surface area contributed by atoms with Gasteiger partial charge in [0.15, 0.2) is 5.79 Å². The minimum Gasteiger partial charge on any atom is -0.467 e. The number of hydroxylamine groups is 2. The summed E-state index contributed by atoms with van der Waals surface area (Å²) in [7, 11) is 0. The van der Waals surface area contributed by atoms with Crippen LogP contribution >= 0.6 is 0 Å². The second-order valence-electron chi connectivity index (χ2n) is 5.91. The van der Waals surface area contributed by atoms with Gasteiger partial charge in [-0.3, -0.25) is 0 Å². The third-order valence-electron chi connectivity index (χ3n) is 3.73. The molecule has 1 N–H and O–H groups in total. The summed E-state index contributed by atoms with van der Waals surface area (Å²) in [5, 5.41) is 11.9. The van der Waals surface area contributed by atoms with Crippen molar-refractivity contribution in [3.8, 4) is 0 Å². The molecule has 0 amide bonds. The van der Waals surface area contributed by atoms with Crippen molar-refractivity contribution in [2.45, 2.75) is 38.3 Å². The lowest BCUT2D eigenvalue weighted by Crippen LogP contribution is -2.36. The maximum absolute atomic E-state index is 10.6. The molecule has 0 bridgehead atoms. The van der Waals surface area contributed by atoms with Crippen LogP contribution in [0.25, 0.3) is 0 Å². The molecule has 2 heterocycles. The van der Waals surface area contributed by atoms with Gasteiger partial charge in [-0.15, -0.1) is 0 Å². The predicted octanol–water partition coefficient (Wildman–Crippen LogP) is 3.36. The van der Waals surface area contributed by atoms with Gasteiger partial charge >= 0.3 is 0 Å². The van der Waals surface area contributed by atoms with Crippen LogP contribution in [0.5, 0.6) is 0 Å². The maximum Gasteiger partial charge on any atom is 0.163 e. The van der Waals surface area contributed by atoms with Crippen LogP contribution in [-0.2, 0) is 16.0 Å². The maximum atomic E-state index is 10.6. The number of nitrogens with zero attached hydrogens (tertiary/aromatic N) is 1. The summed E-state index contributed by atoms with van der Waals surface area (Å²) in [4.78, 5) is 0. The molecule has 0 spiro atoms. The SMILES string of the molecule is CC1(C)OC[C@H]([C@H](c2ccco2)N(O)Cc2ccccc2)O1.